The van der Waals surface area contributed by atoms with Crippen molar-refractivity contribution < 1.29 is 18.8 Å². The van der Waals surface area contributed by atoms with Gasteiger partial charge in [-0.25, -0.2) is 0 Å². The summed E-state index contributed by atoms with van der Waals surface area (Å²) in [6, 6.07) is 7.16. The number of carbonyl (C=O) groups excluding carboxylic acids is 1. The number of rotatable bonds is 5. The predicted octanol–water partition coefficient (Wildman–Crippen LogP) is 3.79. The van der Waals surface area contributed by atoms with Crippen LogP contribution in [0.5, 0.6) is 11.5 Å². The Kier molecular flexibility index (Phi) is 4.97. The van der Waals surface area contributed by atoms with E-state index in [9.17, 15) is 4.79 Å². The van der Waals surface area contributed by atoms with Crippen molar-refractivity contribution in [2.45, 2.75) is 38.6 Å². The van der Waals surface area contributed by atoms with Gasteiger partial charge in [0.1, 0.15) is 11.5 Å². The molecule has 2 aromatic rings. The third-order valence-corrected chi connectivity index (χ3v) is 4.60. The molecule has 1 saturated heterocycles. The summed E-state index contributed by atoms with van der Waals surface area (Å²) >= 11 is 0. The molecule has 1 atom stereocenters. The number of methoxy groups -OCH3 is 2. The summed E-state index contributed by atoms with van der Waals surface area (Å²) in [5, 5.41) is 4.19. The normalized spacial score (nSPS) is 17.2. The lowest BCUT2D eigenvalue weighted by atomic mass is 10.1. The maximum absolute atomic E-state index is 13.0. The number of benzene rings is 1. The van der Waals surface area contributed by atoms with Crippen molar-refractivity contribution in [3.8, 4) is 11.5 Å². The molecule has 3 rings (SSSR count). The number of aromatic nitrogens is 1. The highest BCUT2D eigenvalue weighted by Gasteiger charge is 2.33. The van der Waals surface area contributed by atoms with Gasteiger partial charge in [0.15, 0.2) is 11.5 Å². The summed E-state index contributed by atoms with van der Waals surface area (Å²) in [6.45, 7) is 4.83. The van der Waals surface area contributed by atoms with Crippen LogP contribution in [0.4, 0.5) is 0 Å². The molecule has 6 heteroatoms. The van der Waals surface area contributed by atoms with Crippen LogP contribution in [0.25, 0.3) is 0 Å². The fourth-order valence-corrected chi connectivity index (χ4v) is 3.19. The molecule has 0 bridgehead atoms. The van der Waals surface area contributed by atoms with E-state index < -0.39 is 0 Å². The first-order valence-corrected chi connectivity index (χ1v) is 8.54. The zero-order chi connectivity index (χ0) is 18.0. The third-order valence-electron chi connectivity index (χ3n) is 4.60. The average Bonchev–Trinajstić information content (AvgIpc) is 3.29. The molecule has 1 aromatic heterocycles. The van der Waals surface area contributed by atoms with Gasteiger partial charge in [0.05, 0.1) is 20.3 Å². The Hall–Kier alpha value is -2.50. The summed E-state index contributed by atoms with van der Waals surface area (Å²) in [4.78, 5) is 14.9. The highest BCUT2D eigenvalue weighted by molar-refractivity contribution is 5.95. The van der Waals surface area contributed by atoms with Gasteiger partial charge in [-0.1, -0.05) is 19.0 Å². The molecule has 25 heavy (non-hydrogen) atoms. The number of nitrogens with zero attached hydrogens (tertiary/aromatic N) is 2. The topological polar surface area (TPSA) is 64.8 Å². The molecule has 1 amide bonds. The Morgan fingerprint density at radius 3 is 2.64 bits per heavy atom. The summed E-state index contributed by atoms with van der Waals surface area (Å²) in [7, 11) is 3.14. The standard InChI is InChI=1S/C19H24N2O4/c1-12(2)17-11-14(20-25-17)15-6-5-9-21(15)19(22)13-7-8-16(23-3)18(10-13)24-4/h7-8,10-12,15H,5-6,9H2,1-4H3/t15-/m1/s1. The second kappa shape index (κ2) is 7.17. The molecule has 0 N–H and O–H groups in total. The minimum atomic E-state index is -0.0446. The number of amides is 1. The molecule has 1 fully saturated rings. The summed E-state index contributed by atoms with van der Waals surface area (Å²) < 4.78 is 16.0. The Morgan fingerprint density at radius 1 is 1.24 bits per heavy atom. The van der Waals surface area contributed by atoms with Gasteiger partial charge in [0.25, 0.3) is 5.91 Å². The Balaban J connectivity index is 1.85. The van der Waals surface area contributed by atoms with Gasteiger partial charge in [-0.3, -0.25) is 4.79 Å². The quantitative estimate of drug-likeness (QED) is 0.825. The van der Waals surface area contributed by atoms with Crippen molar-refractivity contribution in [1.29, 1.82) is 0 Å². The smallest absolute Gasteiger partial charge is 0.254 e. The zero-order valence-electron chi connectivity index (χ0n) is 15.1. The number of likely N-dealkylation sites (tertiary alicyclic amines) is 1. The van der Waals surface area contributed by atoms with E-state index in [1.54, 1.807) is 32.4 Å². The molecule has 0 radical (unpaired) electrons. The van der Waals surface area contributed by atoms with E-state index in [0.29, 0.717) is 23.6 Å². The lowest BCUT2D eigenvalue weighted by molar-refractivity contribution is 0.0730. The molecule has 1 aromatic carbocycles. The second-order valence-electron chi connectivity index (χ2n) is 6.54. The molecular formula is C19H24N2O4. The van der Waals surface area contributed by atoms with Crippen molar-refractivity contribution in [2.75, 3.05) is 20.8 Å². The van der Waals surface area contributed by atoms with Crippen molar-refractivity contribution in [2.24, 2.45) is 0 Å². The Bertz CT molecular complexity index is 754. The van der Waals surface area contributed by atoms with Crippen molar-refractivity contribution in [1.82, 2.24) is 10.1 Å². The minimum absolute atomic E-state index is 0.0300. The van der Waals surface area contributed by atoms with Crippen molar-refractivity contribution in [3.63, 3.8) is 0 Å². The van der Waals surface area contributed by atoms with Crippen LogP contribution in [0, 0.1) is 0 Å². The number of hydrogen-bond acceptors (Lipinski definition) is 5. The summed E-state index contributed by atoms with van der Waals surface area (Å²) in [6.07, 6.45) is 1.84. The molecule has 6 nitrogen and oxygen atoms in total. The molecule has 0 saturated carbocycles. The van der Waals surface area contributed by atoms with Crippen LogP contribution in [0.15, 0.2) is 28.8 Å². The van der Waals surface area contributed by atoms with Gasteiger partial charge in [-0.15, -0.1) is 0 Å². The van der Waals surface area contributed by atoms with Crippen LogP contribution in [0.1, 0.15) is 60.5 Å². The van der Waals surface area contributed by atoms with Crippen LogP contribution in [0.3, 0.4) is 0 Å². The average molecular weight is 344 g/mol. The van der Waals surface area contributed by atoms with Crippen LogP contribution < -0.4 is 9.47 Å². The van der Waals surface area contributed by atoms with Gasteiger partial charge >= 0.3 is 0 Å². The molecular weight excluding hydrogens is 320 g/mol. The van der Waals surface area contributed by atoms with Gasteiger partial charge < -0.3 is 18.9 Å². The minimum Gasteiger partial charge on any atom is -0.493 e. The van der Waals surface area contributed by atoms with E-state index in [1.807, 2.05) is 11.0 Å². The fourth-order valence-electron chi connectivity index (χ4n) is 3.19. The van der Waals surface area contributed by atoms with Gasteiger partial charge in [0.2, 0.25) is 0 Å². The molecule has 134 valence electrons. The largest absolute Gasteiger partial charge is 0.493 e. The Labute approximate surface area is 147 Å². The number of hydrogen-bond donors (Lipinski definition) is 0. The van der Waals surface area contributed by atoms with E-state index in [0.717, 1.165) is 24.3 Å². The lowest BCUT2D eigenvalue weighted by Gasteiger charge is -2.23. The van der Waals surface area contributed by atoms with Crippen molar-refractivity contribution >= 4 is 5.91 Å². The van der Waals surface area contributed by atoms with Crippen LogP contribution >= 0.6 is 0 Å². The van der Waals surface area contributed by atoms with E-state index in [4.69, 9.17) is 14.0 Å². The first kappa shape index (κ1) is 17.3. The summed E-state index contributed by atoms with van der Waals surface area (Å²) in [5.74, 6) is 2.25. The fraction of sp³-hybridized carbons (Fsp3) is 0.474. The molecule has 0 unspecified atom stereocenters. The van der Waals surface area contributed by atoms with Crippen LogP contribution in [-0.4, -0.2) is 36.7 Å². The van der Waals surface area contributed by atoms with E-state index in [-0.39, 0.29) is 17.9 Å². The number of ether oxygens (including phenoxy) is 2. The second-order valence-corrected chi connectivity index (χ2v) is 6.54. The molecule has 0 spiro atoms. The molecule has 1 aliphatic rings. The highest BCUT2D eigenvalue weighted by Crippen LogP contribution is 2.35. The first-order chi connectivity index (χ1) is 12.0. The lowest BCUT2D eigenvalue weighted by Crippen LogP contribution is -2.30. The molecule has 1 aliphatic heterocycles. The molecule has 2 heterocycles. The summed E-state index contributed by atoms with van der Waals surface area (Å²) in [5.41, 5.74) is 1.41. The van der Waals surface area contributed by atoms with Crippen LogP contribution in [-0.2, 0) is 0 Å². The molecule has 0 aliphatic carbocycles. The van der Waals surface area contributed by atoms with Gasteiger partial charge in [0, 0.05) is 24.1 Å². The van der Waals surface area contributed by atoms with E-state index >= 15 is 0 Å². The maximum atomic E-state index is 13.0. The van der Waals surface area contributed by atoms with E-state index in [1.165, 1.54) is 0 Å². The predicted molar refractivity (Wildman–Crippen MR) is 93.1 cm³/mol. The first-order valence-electron chi connectivity index (χ1n) is 8.54. The zero-order valence-corrected chi connectivity index (χ0v) is 15.1. The van der Waals surface area contributed by atoms with Crippen molar-refractivity contribution in [3.05, 3.63) is 41.3 Å². The van der Waals surface area contributed by atoms with Gasteiger partial charge in [-0.05, 0) is 31.0 Å². The maximum Gasteiger partial charge on any atom is 0.254 e. The number of carbonyl (C=O) groups is 1. The van der Waals surface area contributed by atoms with Crippen LogP contribution in [0.2, 0.25) is 0 Å². The van der Waals surface area contributed by atoms with Gasteiger partial charge in [-0.2, -0.15) is 0 Å². The highest BCUT2D eigenvalue weighted by atomic mass is 16.5. The van der Waals surface area contributed by atoms with E-state index in [2.05, 4.69) is 19.0 Å². The monoisotopic (exact) mass is 344 g/mol. The Morgan fingerprint density at radius 2 is 2.00 bits per heavy atom. The SMILES string of the molecule is COc1ccc(C(=O)N2CCC[C@@H]2c2cc(C(C)C)on2)cc1OC. The third kappa shape index (κ3) is 3.34.